The molecule has 0 aromatic carbocycles. The maximum Gasteiger partial charge on any atom is 0.0945 e. The molecule has 0 saturated heterocycles. The smallest absolute Gasteiger partial charge is 0.0945 e. The van der Waals surface area contributed by atoms with E-state index in [2.05, 4.69) is 37.6 Å². The van der Waals surface area contributed by atoms with E-state index in [1.165, 1.54) is 70.8 Å². The lowest BCUT2D eigenvalue weighted by Gasteiger charge is -2.30. The Morgan fingerprint density at radius 1 is 0.618 bits per heavy atom. The van der Waals surface area contributed by atoms with Crippen molar-refractivity contribution in [3.05, 3.63) is 0 Å². The average Bonchev–Trinajstić information content (AvgIpc) is 2.74. The Morgan fingerprint density at radius 3 is 1.35 bits per heavy atom. The SMILES string of the molecule is C[N+](C)(CCCCCCCCCCCC[N+](C)(C)CCCCS(=O)(=O)[O-])CCCCSOO[O-]. The highest BCUT2D eigenvalue weighted by Crippen LogP contribution is 2.14. The first-order valence-corrected chi connectivity index (χ1v) is 15.6. The van der Waals surface area contributed by atoms with Gasteiger partial charge in [-0.15, -0.1) is 0 Å². The van der Waals surface area contributed by atoms with Gasteiger partial charge in [0.25, 0.3) is 0 Å². The van der Waals surface area contributed by atoms with Crippen LogP contribution in [0.5, 0.6) is 0 Å². The fraction of sp³-hybridized carbons (Fsp3) is 1.00. The molecule has 0 unspecified atom stereocenters. The van der Waals surface area contributed by atoms with Crippen LogP contribution >= 0.6 is 12.0 Å². The first kappa shape index (κ1) is 34.1. The summed E-state index contributed by atoms with van der Waals surface area (Å²) in [5, 5.41) is 13.1. The topological polar surface area (TPSA) is 98.7 Å². The Labute approximate surface area is 214 Å². The summed E-state index contributed by atoms with van der Waals surface area (Å²) in [5.74, 6) is 0.558. The van der Waals surface area contributed by atoms with E-state index in [9.17, 15) is 18.2 Å². The highest BCUT2D eigenvalue weighted by Gasteiger charge is 2.15. The van der Waals surface area contributed by atoms with Gasteiger partial charge in [0.1, 0.15) is 0 Å². The molecule has 0 aromatic rings. The second-order valence-electron chi connectivity index (χ2n) is 10.9. The normalized spacial score (nSPS) is 13.0. The van der Waals surface area contributed by atoms with Crippen molar-refractivity contribution in [2.75, 3.05) is 65.9 Å². The van der Waals surface area contributed by atoms with Crippen LogP contribution in [0.15, 0.2) is 0 Å². The lowest BCUT2D eigenvalue weighted by atomic mass is 10.1. The fourth-order valence-electron chi connectivity index (χ4n) is 4.29. The van der Waals surface area contributed by atoms with Crippen molar-refractivity contribution in [3.8, 4) is 0 Å². The summed E-state index contributed by atoms with van der Waals surface area (Å²) in [6.07, 6.45) is 16.5. The molecule has 0 spiro atoms. The summed E-state index contributed by atoms with van der Waals surface area (Å²) in [5.41, 5.74) is 0. The van der Waals surface area contributed by atoms with Gasteiger partial charge in [0, 0.05) is 23.5 Å². The molecule has 0 saturated carbocycles. The van der Waals surface area contributed by atoms with E-state index in [1.807, 2.05) is 0 Å². The summed E-state index contributed by atoms with van der Waals surface area (Å²) in [4.78, 5) is 0. The van der Waals surface area contributed by atoms with Gasteiger partial charge in [-0.1, -0.05) is 38.5 Å². The van der Waals surface area contributed by atoms with Gasteiger partial charge < -0.3 is 18.8 Å². The molecule has 0 fully saturated rings. The van der Waals surface area contributed by atoms with E-state index in [0.717, 1.165) is 65.7 Å². The molecule has 0 aliphatic heterocycles. The summed E-state index contributed by atoms with van der Waals surface area (Å²) >= 11 is 1.08. The van der Waals surface area contributed by atoms with E-state index in [1.54, 1.807) is 0 Å². The molecule has 34 heavy (non-hydrogen) atoms. The van der Waals surface area contributed by atoms with Crippen LogP contribution in [0.1, 0.15) is 89.9 Å². The molecule has 0 atom stereocenters. The first-order valence-electron chi connectivity index (χ1n) is 13.1. The summed E-state index contributed by atoms with van der Waals surface area (Å²) in [6.45, 7) is 4.42. The van der Waals surface area contributed by atoms with Crippen molar-refractivity contribution in [1.82, 2.24) is 0 Å². The van der Waals surface area contributed by atoms with Crippen molar-refractivity contribution in [1.29, 1.82) is 0 Å². The quantitative estimate of drug-likeness (QED) is 0.0441. The van der Waals surface area contributed by atoms with E-state index >= 15 is 0 Å². The second kappa shape index (κ2) is 20.2. The molecule has 0 bridgehead atoms. The first-order chi connectivity index (χ1) is 16.0. The Kier molecular flexibility index (Phi) is 20.2. The maximum atomic E-state index is 10.7. The van der Waals surface area contributed by atoms with Crippen LogP contribution in [0.25, 0.3) is 0 Å². The van der Waals surface area contributed by atoms with Crippen LogP contribution < -0.4 is 5.26 Å². The highest BCUT2D eigenvalue weighted by molar-refractivity contribution is 7.94. The summed E-state index contributed by atoms with van der Waals surface area (Å²) < 4.78 is 38.2. The third-order valence-electron chi connectivity index (χ3n) is 6.50. The van der Waals surface area contributed by atoms with Crippen LogP contribution in [0.2, 0.25) is 0 Å². The van der Waals surface area contributed by atoms with Crippen LogP contribution in [0.4, 0.5) is 0 Å². The molecule has 0 radical (unpaired) electrons. The lowest BCUT2D eigenvalue weighted by molar-refractivity contribution is -0.890. The van der Waals surface area contributed by atoms with Crippen molar-refractivity contribution in [3.63, 3.8) is 0 Å². The summed E-state index contributed by atoms with van der Waals surface area (Å²) in [6, 6.07) is 0. The zero-order valence-electron chi connectivity index (χ0n) is 22.3. The molecule has 206 valence electrons. The van der Waals surface area contributed by atoms with Gasteiger partial charge >= 0.3 is 0 Å². The van der Waals surface area contributed by atoms with E-state index < -0.39 is 10.1 Å². The predicted molar refractivity (Wildman–Crippen MR) is 138 cm³/mol. The van der Waals surface area contributed by atoms with Gasteiger partial charge in [-0.3, -0.25) is 5.04 Å². The molecule has 8 nitrogen and oxygen atoms in total. The Hall–Kier alpha value is 0.0600. The number of quaternary nitrogens is 2. The number of nitrogens with zero attached hydrogens (tertiary/aromatic N) is 2. The van der Waals surface area contributed by atoms with Crippen molar-refractivity contribution >= 4 is 22.2 Å². The molecule has 0 N–H and O–H groups in total. The van der Waals surface area contributed by atoms with E-state index in [-0.39, 0.29) is 5.75 Å². The molecule has 0 aliphatic carbocycles. The van der Waals surface area contributed by atoms with Crippen molar-refractivity contribution in [2.24, 2.45) is 0 Å². The number of hydrogen-bond donors (Lipinski definition) is 0. The third-order valence-corrected chi connectivity index (χ3v) is 7.90. The predicted octanol–water partition coefficient (Wildman–Crippen LogP) is 4.02. The van der Waals surface area contributed by atoms with Gasteiger partial charge in [-0.25, -0.2) is 8.42 Å². The van der Waals surface area contributed by atoms with Gasteiger partial charge in [-0.05, 0) is 51.4 Å². The Balaban J connectivity index is 3.48. The van der Waals surface area contributed by atoms with E-state index in [0.29, 0.717) is 6.42 Å². The number of hydrogen-bond acceptors (Lipinski definition) is 7. The molecule has 0 aromatic heterocycles. The van der Waals surface area contributed by atoms with Crippen LogP contribution in [-0.2, 0) is 19.5 Å². The van der Waals surface area contributed by atoms with Crippen LogP contribution in [0.3, 0.4) is 0 Å². The summed E-state index contributed by atoms with van der Waals surface area (Å²) in [7, 11) is 4.91. The molecule has 0 heterocycles. The minimum Gasteiger partial charge on any atom is -0.748 e. The van der Waals surface area contributed by atoms with Gasteiger partial charge in [0.05, 0.1) is 64.5 Å². The monoisotopic (exact) mass is 528 g/mol. The second-order valence-corrected chi connectivity index (χ2v) is 13.2. The van der Waals surface area contributed by atoms with Crippen molar-refractivity contribution in [2.45, 2.75) is 89.9 Å². The minimum atomic E-state index is -4.06. The molecule has 0 amide bonds. The fourth-order valence-corrected chi connectivity index (χ4v) is 5.28. The molecule has 0 aliphatic rings. The maximum absolute atomic E-state index is 10.7. The standard InChI is InChI=1S/C24H52N2O6S2/c1-25(2,21-15-17-23-33-32-31-27)19-13-11-9-7-5-6-8-10-12-14-20-26(3,4)22-16-18-24-34(28,29)30/h5-24H2,1-4H3. The number of unbranched alkanes of at least 4 members (excludes halogenated alkanes) is 11. The number of rotatable bonds is 25. The van der Waals surface area contributed by atoms with Crippen molar-refractivity contribution < 1.29 is 36.6 Å². The third kappa shape index (κ3) is 25.2. The average molecular weight is 529 g/mol. The largest absolute Gasteiger partial charge is 0.748 e. The Bertz CT molecular complexity index is 574. The van der Waals surface area contributed by atoms with E-state index in [4.69, 9.17) is 0 Å². The highest BCUT2D eigenvalue weighted by atomic mass is 32.2. The Morgan fingerprint density at radius 2 is 0.971 bits per heavy atom. The minimum absolute atomic E-state index is 0.233. The van der Waals surface area contributed by atoms with Crippen LogP contribution in [0, 0.1) is 0 Å². The van der Waals surface area contributed by atoms with Gasteiger partial charge in [0.15, 0.2) is 0 Å². The zero-order chi connectivity index (χ0) is 25.8. The van der Waals surface area contributed by atoms with Gasteiger partial charge in [-0.2, -0.15) is 4.33 Å². The molecule has 10 heteroatoms. The molecular formula is C24H52N2O6S2. The molecular weight excluding hydrogens is 476 g/mol. The molecule has 0 rings (SSSR count). The van der Waals surface area contributed by atoms with Gasteiger partial charge in [0.2, 0.25) is 0 Å². The lowest BCUT2D eigenvalue weighted by Crippen LogP contribution is -2.41. The van der Waals surface area contributed by atoms with Crippen LogP contribution in [-0.4, -0.2) is 87.8 Å². The zero-order valence-corrected chi connectivity index (χ0v) is 23.9.